The summed E-state index contributed by atoms with van der Waals surface area (Å²) in [5.41, 5.74) is 3.05. The first-order valence-corrected chi connectivity index (χ1v) is 9.04. The number of sulfonamides is 1. The number of nitrogens with one attached hydrogen (secondary N) is 1. The number of carbonyl (C=O) groups excluding carboxylic acids is 1. The lowest BCUT2D eigenvalue weighted by Gasteiger charge is -2.21. The standard InChI is InChI=1S/C18H21NO4S/c1-12-9-14(3)17(10-13(12)2)24(22,23)19-16(11-18(20)21)15-7-5-4-6-8-15/h4-10,16,19H,11H2,1-3H3,(H,20,21)/p-1/t16-/m0/s1. The highest BCUT2D eigenvalue weighted by atomic mass is 32.2. The van der Waals surface area contributed by atoms with E-state index in [1.54, 1.807) is 49.4 Å². The molecule has 0 aliphatic carbocycles. The fourth-order valence-electron chi connectivity index (χ4n) is 2.55. The predicted molar refractivity (Wildman–Crippen MR) is 89.8 cm³/mol. The summed E-state index contributed by atoms with van der Waals surface area (Å²) >= 11 is 0. The third-order valence-electron chi connectivity index (χ3n) is 3.95. The van der Waals surface area contributed by atoms with Crippen molar-refractivity contribution in [1.29, 1.82) is 0 Å². The summed E-state index contributed by atoms with van der Waals surface area (Å²) in [7, 11) is -3.86. The highest BCUT2D eigenvalue weighted by Crippen LogP contribution is 2.24. The van der Waals surface area contributed by atoms with Crippen LogP contribution < -0.4 is 9.83 Å². The normalized spacial score (nSPS) is 12.8. The first-order chi connectivity index (χ1) is 11.2. The minimum absolute atomic E-state index is 0.157. The van der Waals surface area contributed by atoms with E-state index in [4.69, 9.17) is 0 Å². The van der Waals surface area contributed by atoms with Crippen molar-refractivity contribution in [2.75, 3.05) is 0 Å². The Morgan fingerprint density at radius 3 is 2.21 bits per heavy atom. The molecule has 0 unspecified atom stereocenters. The Hall–Kier alpha value is -2.18. The second-order valence-electron chi connectivity index (χ2n) is 5.86. The van der Waals surface area contributed by atoms with Crippen molar-refractivity contribution < 1.29 is 18.3 Å². The molecule has 0 heterocycles. The summed E-state index contributed by atoms with van der Waals surface area (Å²) < 4.78 is 28.0. The lowest BCUT2D eigenvalue weighted by atomic mass is 10.1. The van der Waals surface area contributed by atoms with Crippen molar-refractivity contribution >= 4 is 16.0 Å². The van der Waals surface area contributed by atoms with Crippen molar-refractivity contribution in [1.82, 2.24) is 4.72 Å². The lowest BCUT2D eigenvalue weighted by Crippen LogP contribution is -2.34. The van der Waals surface area contributed by atoms with Crippen molar-refractivity contribution in [2.24, 2.45) is 0 Å². The number of aryl methyl sites for hydroxylation is 3. The Kier molecular flexibility index (Phi) is 5.41. The lowest BCUT2D eigenvalue weighted by molar-refractivity contribution is -0.306. The smallest absolute Gasteiger partial charge is 0.241 e. The maximum atomic E-state index is 12.8. The van der Waals surface area contributed by atoms with Crippen LogP contribution in [0.25, 0.3) is 0 Å². The van der Waals surface area contributed by atoms with Gasteiger partial charge in [0.15, 0.2) is 0 Å². The van der Waals surface area contributed by atoms with Crippen molar-refractivity contribution in [2.45, 2.75) is 38.1 Å². The van der Waals surface area contributed by atoms with Crippen LogP contribution in [0.1, 0.15) is 34.7 Å². The molecule has 0 bridgehead atoms. The van der Waals surface area contributed by atoms with Crippen molar-refractivity contribution in [3.05, 3.63) is 64.7 Å². The Labute approximate surface area is 142 Å². The Morgan fingerprint density at radius 2 is 1.62 bits per heavy atom. The van der Waals surface area contributed by atoms with Crippen LogP contribution in [0, 0.1) is 20.8 Å². The van der Waals surface area contributed by atoms with Crippen LogP contribution in [0.3, 0.4) is 0 Å². The minimum atomic E-state index is -3.86. The molecule has 24 heavy (non-hydrogen) atoms. The molecule has 0 aromatic heterocycles. The van der Waals surface area contributed by atoms with Gasteiger partial charge in [-0.25, -0.2) is 13.1 Å². The molecule has 1 N–H and O–H groups in total. The van der Waals surface area contributed by atoms with E-state index in [0.717, 1.165) is 11.1 Å². The summed E-state index contributed by atoms with van der Waals surface area (Å²) in [5, 5.41) is 11.0. The molecule has 2 aromatic rings. The van der Waals surface area contributed by atoms with E-state index in [9.17, 15) is 18.3 Å². The summed E-state index contributed by atoms with van der Waals surface area (Å²) in [4.78, 5) is 11.2. The van der Waals surface area contributed by atoms with Gasteiger partial charge in [0.25, 0.3) is 0 Å². The van der Waals surface area contributed by atoms with Gasteiger partial charge in [0.2, 0.25) is 10.0 Å². The second kappa shape index (κ2) is 7.15. The molecular weight excluding hydrogens is 326 g/mol. The Bertz CT molecular complexity index is 845. The van der Waals surface area contributed by atoms with E-state index in [2.05, 4.69) is 4.72 Å². The number of carbonyl (C=O) groups is 1. The molecule has 0 saturated heterocycles. The molecule has 6 heteroatoms. The van der Waals surface area contributed by atoms with Gasteiger partial charge in [-0.2, -0.15) is 0 Å². The highest BCUT2D eigenvalue weighted by Gasteiger charge is 2.23. The number of carboxylic acid groups (broad SMARTS) is 1. The number of rotatable bonds is 6. The van der Waals surface area contributed by atoms with Gasteiger partial charge >= 0.3 is 0 Å². The zero-order valence-corrected chi connectivity index (χ0v) is 14.7. The molecule has 5 nitrogen and oxygen atoms in total. The van der Waals surface area contributed by atoms with E-state index in [-0.39, 0.29) is 4.90 Å². The molecule has 0 aliphatic heterocycles. The van der Waals surface area contributed by atoms with Crippen LogP contribution in [-0.2, 0) is 14.8 Å². The third kappa shape index (κ3) is 4.21. The molecule has 0 spiro atoms. The maximum absolute atomic E-state index is 12.8. The molecule has 0 aliphatic rings. The maximum Gasteiger partial charge on any atom is 0.241 e. The molecule has 0 saturated carbocycles. The molecule has 0 radical (unpaired) electrons. The van der Waals surface area contributed by atoms with Crippen LogP contribution in [0.5, 0.6) is 0 Å². The molecule has 2 rings (SSSR count). The number of carboxylic acids is 1. The Balaban J connectivity index is 2.41. The number of hydrogen-bond acceptors (Lipinski definition) is 4. The van der Waals surface area contributed by atoms with Gasteiger partial charge < -0.3 is 9.90 Å². The van der Waals surface area contributed by atoms with Gasteiger partial charge in [-0.05, 0) is 49.1 Å². The van der Waals surface area contributed by atoms with Crippen LogP contribution in [0.15, 0.2) is 47.4 Å². The van der Waals surface area contributed by atoms with E-state index in [1.807, 2.05) is 13.8 Å². The van der Waals surface area contributed by atoms with Gasteiger partial charge in [0.05, 0.1) is 10.9 Å². The fourth-order valence-corrected chi connectivity index (χ4v) is 4.09. The summed E-state index contributed by atoms with van der Waals surface area (Å²) in [6, 6.07) is 11.1. The molecule has 128 valence electrons. The average molecular weight is 346 g/mol. The van der Waals surface area contributed by atoms with Gasteiger partial charge in [0, 0.05) is 12.4 Å². The molecule has 0 fully saturated rings. The second-order valence-corrected chi connectivity index (χ2v) is 7.55. The van der Waals surface area contributed by atoms with Gasteiger partial charge in [-0.1, -0.05) is 36.4 Å². The first kappa shape index (κ1) is 18.2. The van der Waals surface area contributed by atoms with E-state index >= 15 is 0 Å². The SMILES string of the molecule is Cc1cc(C)c(S(=O)(=O)N[C@@H](CC(=O)[O-])c2ccccc2)cc1C. The molecule has 2 aromatic carbocycles. The molecule has 1 atom stereocenters. The summed E-state index contributed by atoms with van der Waals surface area (Å²) in [6.07, 6.45) is -0.437. The quantitative estimate of drug-likeness (QED) is 0.864. The minimum Gasteiger partial charge on any atom is -0.550 e. The highest BCUT2D eigenvalue weighted by molar-refractivity contribution is 7.89. The zero-order chi connectivity index (χ0) is 17.9. The van der Waals surface area contributed by atoms with E-state index in [0.29, 0.717) is 11.1 Å². The fraction of sp³-hybridized carbons (Fsp3) is 0.278. The number of benzene rings is 2. The number of hydrogen-bond donors (Lipinski definition) is 1. The van der Waals surface area contributed by atoms with Crippen LogP contribution in [-0.4, -0.2) is 14.4 Å². The van der Waals surface area contributed by atoms with Gasteiger partial charge in [-0.3, -0.25) is 0 Å². The van der Waals surface area contributed by atoms with E-state index < -0.39 is 28.5 Å². The topological polar surface area (TPSA) is 86.3 Å². The first-order valence-electron chi connectivity index (χ1n) is 7.55. The Morgan fingerprint density at radius 1 is 1.04 bits per heavy atom. The van der Waals surface area contributed by atoms with Crippen molar-refractivity contribution in [3.8, 4) is 0 Å². The summed E-state index contributed by atoms with van der Waals surface area (Å²) in [6.45, 7) is 5.47. The number of aliphatic carboxylic acids is 1. The average Bonchev–Trinajstić information content (AvgIpc) is 2.50. The van der Waals surface area contributed by atoms with Crippen LogP contribution in [0.4, 0.5) is 0 Å². The van der Waals surface area contributed by atoms with Crippen molar-refractivity contribution in [3.63, 3.8) is 0 Å². The molecular formula is C18H20NO4S-. The van der Waals surface area contributed by atoms with Gasteiger partial charge in [-0.15, -0.1) is 0 Å². The van der Waals surface area contributed by atoms with Crippen LogP contribution >= 0.6 is 0 Å². The van der Waals surface area contributed by atoms with Crippen LogP contribution in [0.2, 0.25) is 0 Å². The third-order valence-corrected chi connectivity index (χ3v) is 5.56. The zero-order valence-electron chi connectivity index (χ0n) is 13.9. The monoisotopic (exact) mass is 346 g/mol. The predicted octanol–water partition coefficient (Wildman–Crippen LogP) is 1.77. The van der Waals surface area contributed by atoms with Gasteiger partial charge in [0.1, 0.15) is 0 Å². The molecule has 0 amide bonds. The van der Waals surface area contributed by atoms with E-state index in [1.165, 1.54) is 0 Å². The largest absolute Gasteiger partial charge is 0.550 e. The summed E-state index contributed by atoms with van der Waals surface area (Å²) in [5.74, 6) is -1.32.